The highest BCUT2D eigenvalue weighted by molar-refractivity contribution is 5.79. The van der Waals surface area contributed by atoms with Gasteiger partial charge in [-0.3, -0.25) is 0 Å². The van der Waals surface area contributed by atoms with E-state index >= 15 is 0 Å². The van der Waals surface area contributed by atoms with E-state index in [0.717, 1.165) is 78.2 Å². The van der Waals surface area contributed by atoms with Crippen LogP contribution in [0.2, 0.25) is 0 Å². The maximum absolute atomic E-state index is 6.21. The predicted octanol–water partition coefficient (Wildman–Crippen LogP) is 22.0. The van der Waals surface area contributed by atoms with Gasteiger partial charge in [-0.2, -0.15) is 0 Å². The molecule has 0 atom stereocenters. The molecule has 0 bridgehead atoms. The van der Waals surface area contributed by atoms with Crippen molar-refractivity contribution in [2.75, 3.05) is 198 Å². The molecule has 7 rings (SSSR count). The average Bonchev–Trinajstić information content (AvgIpc) is 0.760. The second-order valence-electron chi connectivity index (χ2n) is 31.7. The zero-order valence-corrected chi connectivity index (χ0v) is 80.4. The Morgan fingerprint density at radius 3 is 0.379 bits per heavy atom. The minimum Gasteiger partial charge on any atom is -0.491 e. The Labute approximate surface area is 792 Å². The van der Waals surface area contributed by atoms with Crippen LogP contribution in [0.15, 0.2) is 146 Å². The maximum atomic E-state index is 6.21. The van der Waals surface area contributed by atoms with Gasteiger partial charge >= 0.3 is 0 Å². The molecule has 0 aromatic heterocycles. The Balaban J connectivity index is 1.37. The van der Waals surface area contributed by atoms with Crippen LogP contribution < -0.4 is 28.4 Å². The quantitative estimate of drug-likeness (QED) is 0.0261. The van der Waals surface area contributed by atoms with Gasteiger partial charge < -0.3 is 85.3 Å². The lowest BCUT2D eigenvalue weighted by atomic mass is 9.86. The van der Waals surface area contributed by atoms with Gasteiger partial charge in [0.1, 0.15) is 74.1 Å². The van der Waals surface area contributed by atoms with Gasteiger partial charge in [-0.1, -0.05) is 228 Å². The molecular formula is C114H150O18. The largest absolute Gasteiger partial charge is 0.491 e. The van der Waals surface area contributed by atoms with Crippen molar-refractivity contribution in [3.8, 4) is 106 Å². The molecule has 0 saturated heterocycles. The van der Waals surface area contributed by atoms with Crippen molar-refractivity contribution in [2.45, 2.75) is 196 Å². The Kier molecular flexibility index (Phi) is 62.6. The van der Waals surface area contributed by atoms with E-state index in [1.165, 1.54) is 116 Å². The summed E-state index contributed by atoms with van der Waals surface area (Å²) in [4.78, 5) is 0. The van der Waals surface area contributed by atoms with E-state index in [1.54, 1.807) is 0 Å². The van der Waals surface area contributed by atoms with E-state index in [-0.39, 0.29) is 0 Å². The third-order valence-electron chi connectivity index (χ3n) is 20.7. The summed E-state index contributed by atoms with van der Waals surface area (Å²) >= 11 is 0. The van der Waals surface area contributed by atoms with Crippen molar-refractivity contribution in [1.82, 2.24) is 0 Å². The first-order chi connectivity index (χ1) is 65.4. The summed E-state index contributed by atoms with van der Waals surface area (Å²) in [6.45, 7) is 28.4. The molecule has 132 heavy (non-hydrogen) atoms. The van der Waals surface area contributed by atoms with Crippen molar-refractivity contribution in [3.05, 3.63) is 212 Å². The summed E-state index contributed by atoms with van der Waals surface area (Å²) in [6.07, 6.45) is 27.8. The zero-order valence-electron chi connectivity index (χ0n) is 80.4. The molecule has 0 saturated carbocycles. The van der Waals surface area contributed by atoms with Crippen LogP contribution in [0.4, 0.5) is 0 Å². The fourth-order valence-electron chi connectivity index (χ4n) is 13.1. The van der Waals surface area contributed by atoms with Crippen molar-refractivity contribution >= 4 is 0 Å². The second-order valence-corrected chi connectivity index (χ2v) is 31.7. The lowest BCUT2D eigenvalue weighted by molar-refractivity contribution is 0.0352. The van der Waals surface area contributed by atoms with Crippen molar-refractivity contribution < 1.29 is 85.3 Å². The number of rotatable bonds is 72. The molecule has 714 valence electrons. The lowest BCUT2D eigenvalue weighted by Gasteiger charge is -2.13. The van der Waals surface area contributed by atoms with Crippen LogP contribution in [-0.2, 0) is 56.8 Å². The highest BCUT2D eigenvalue weighted by Gasteiger charge is 2.21. The van der Waals surface area contributed by atoms with Crippen molar-refractivity contribution in [1.29, 1.82) is 0 Å². The Morgan fingerprint density at radius 1 is 0.129 bits per heavy atom. The second kappa shape index (κ2) is 75.6. The molecule has 0 unspecified atom stereocenters. The summed E-state index contributed by atoms with van der Waals surface area (Å²) in [6, 6.07) is 46.2. The van der Waals surface area contributed by atoms with Gasteiger partial charge in [0.25, 0.3) is 0 Å². The van der Waals surface area contributed by atoms with Crippen molar-refractivity contribution in [2.24, 2.45) is 0 Å². The SMILES string of the molecule is CCCCCCOCCOCCOc1ccc(C#Cc2c(C#Cc3ccc(OCCOCCOCCCCCC)cc3)c(C#Cc3ccc(OCCOCCOCCCCCC)cc3)c(C#Cc3ccc(OCCOCCOCCCCCC)cc3)c(C#Cc3ccc(OCCOCCOCCCCCC)cc3)c2C#Cc2ccc(OCCOCCOCCCCCC)cc2)cc1. The number of unbranched alkanes of at least 4 members (excludes halogenated alkanes) is 18. The van der Waals surface area contributed by atoms with E-state index in [0.29, 0.717) is 260 Å². The zero-order chi connectivity index (χ0) is 92.8. The first-order valence-corrected chi connectivity index (χ1v) is 49.1. The van der Waals surface area contributed by atoms with Crippen LogP contribution in [0.1, 0.15) is 262 Å². The Bertz CT molecular complexity index is 3750. The van der Waals surface area contributed by atoms with Gasteiger partial charge in [0.15, 0.2) is 0 Å². The molecule has 0 fully saturated rings. The average molecular weight is 1810 g/mol. The fourth-order valence-corrected chi connectivity index (χ4v) is 13.1. The number of hydrogen-bond acceptors (Lipinski definition) is 18. The summed E-state index contributed by atoms with van der Waals surface area (Å²) in [5.74, 6) is 47.2. The molecule has 0 aliphatic rings. The summed E-state index contributed by atoms with van der Waals surface area (Å²) < 4.78 is 107. The van der Waals surface area contributed by atoms with Gasteiger partial charge in [0, 0.05) is 73.0 Å². The molecule has 0 radical (unpaired) electrons. The first-order valence-electron chi connectivity index (χ1n) is 49.1. The lowest BCUT2D eigenvalue weighted by Crippen LogP contribution is -2.11. The fraction of sp³-hybridized carbons (Fsp3) is 0.526. The Morgan fingerprint density at radius 2 is 0.250 bits per heavy atom. The van der Waals surface area contributed by atoms with Crippen LogP contribution in [0, 0.1) is 71.0 Å². The van der Waals surface area contributed by atoms with Gasteiger partial charge in [0.2, 0.25) is 0 Å². The summed E-state index contributed by atoms with van der Waals surface area (Å²) in [5.41, 5.74) is 6.98. The highest BCUT2D eigenvalue weighted by atomic mass is 16.6. The van der Waals surface area contributed by atoms with Gasteiger partial charge in [0.05, 0.1) is 152 Å². The molecule has 0 heterocycles. The van der Waals surface area contributed by atoms with Gasteiger partial charge in [-0.25, -0.2) is 0 Å². The third-order valence-corrected chi connectivity index (χ3v) is 20.7. The standard InChI is InChI=1S/C114H150O18/c1-7-13-19-25-67-115-73-79-121-85-91-127-103-49-31-97(32-50-103)43-61-109-110(62-44-98-33-51-104(52-34-98)128-92-86-122-80-74-116-68-26-20-14-8-2)112(64-46-100-37-55-106(56-38-100)130-94-88-124-82-76-118-70-28-22-16-10-4)114(66-48-102-41-59-108(60-42-102)132-96-90-126-84-78-120-72-30-24-18-12-6)113(65-47-101-39-57-107(58-40-101)131-95-89-125-83-77-119-71-29-23-17-11-5)111(109)63-45-99-35-53-105(54-36-99)129-93-87-123-81-75-117-69-27-21-15-9-3/h31-42,49-60H,7-30,67-96H2,1-6H3. The number of ether oxygens (including phenoxy) is 18. The van der Waals surface area contributed by atoms with E-state index in [4.69, 9.17) is 85.3 Å². The van der Waals surface area contributed by atoms with Crippen LogP contribution in [0.3, 0.4) is 0 Å². The van der Waals surface area contributed by atoms with Crippen molar-refractivity contribution in [3.63, 3.8) is 0 Å². The van der Waals surface area contributed by atoms with Crippen LogP contribution in [-0.4, -0.2) is 198 Å². The minimum absolute atomic E-state index is 0.355. The van der Waals surface area contributed by atoms with E-state index in [2.05, 4.69) is 113 Å². The van der Waals surface area contributed by atoms with Crippen LogP contribution in [0.25, 0.3) is 0 Å². The van der Waals surface area contributed by atoms with Gasteiger partial charge in [-0.05, 0) is 184 Å². The van der Waals surface area contributed by atoms with Gasteiger partial charge in [-0.15, -0.1) is 0 Å². The molecule has 7 aromatic rings. The number of hydrogen-bond donors (Lipinski definition) is 0. The first kappa shape index (κ1) is 109. The molecule has 18 heteroatoms. The smallest absolute Gasteiger partial charge is 0.119 e. The molecule has 0 N–H and O–H groups in total. The highest BCUT2D eigenvalue weighted by Crippen LogP contribution is 2.30. The monoisotopic (exact) mass is 1810 g/mol. The summed E-state index contributed by atoms with van der Waals surface area (Å²) in [5, 5.41) is 0. The van der Waals surface area contributed by atoms with E-state index in [1.807, 2.05) is 146 Å². The topological polar surface area (TPSA) is 166 Å². The molecule has 7 aromatic carbocycles. The summed E-state index contributed by atoms with van der Waals surface area (Å²) in [7, 11) is 0. The third kappa shape index (κ3) is 51.5. The number of benzene rings is 7. The Hall–Kier alpha value is -9.78. The predicted molar refractivity (Wildman–Crippen MR) is 529 cm³/mol. The van der Waals surface area contributed by atoms with Crippen LogP contribution in [0.5, 0.6) is 34.5 Å². The molecule has 0 spiro atoms. The van der Waals surface area contributed by atoms with E-state index < -0.39 is 0 Å². The molecular weight excluding hydrogens is 1660 g/mol. The van der Waals surface area contributed by atoms with E-state index in [9.17, 15) is 0 Å². The molecule has 0 aliphatic heterocycles. The maximum Gasteiger partial charge on any atom is 0.119 e. The minimum atomic E-state index is 0.355. The molecule has 18 nitrogen and oxygen atoms in total. The normalized spacial score (nSPS) is 10.8. The van der Waals surface area contributed by atoms with Crippen LogP contribution >= 0.6 is 0 Å². The molecule has 0 amide bonds. The molecule has 0 aliphatic carbocycles.